The number of imidazole rings is 2. The van der Waals surface area contributed by atoms with E-state index in [0.717, 1.165) is 62.4 Å². The van der Waals surface area contributed by atoms with Gasteiger partial charge in [-0.05, 0) is 109 Å². The average Bonchev–Trinajstić information content (AvgIpc) is 4.07. The molecule has 2 aliphatic heterocycles. The first-order valence-electron chi connectivity index (χ1n) is 25.9. The smallest absolute Gasteiger partial charge is 0.229 e. The molecule has 0 bridgehead atoms. The average molecular weight is 1070 g/mol. The van der Waals surface area contributed by atoms with Gasteiger partial charge < -0.3 is 34.0 Å². The standard InChI is InChI=1S/C29H33F2N7O.C28H31F2N7O2/c1-6-9-29(5)17-37(10-11-39-29)16-20-7-8-25(32-14-20)35-28-33-15-23(31)26(36-28)21-12-22(30)27-24(13-21)38(18(2)3)19(4)34-27;1-17(2)37-18(3)33-26-21(29)11-20(12-23(26)37)25-22(30)14-32-27(35-25)34-24-6-5-19(13-31-24)15-36-8-10-39-28(4,16-36)7-9-38/h6-8,12-15,18H,1,9-11,16-17H2,2-5H3,(H,32,33,35,36);5-6,9,11-14,17H,7-8,10,15-16H2,1-4H3,(H,31,32,34,35)/t29-;28-/m00/s1. The first kappa shape index (κ1) is 55.2. The fourth-order valence-electron chi connectivity index (χ4n) is 10.3. The normalized spacial score (nSPS) is 18.1. The molecule has 2 aromatic carbocycles. The number of aryl methyl sites for hydroxylation is 2. The summed E-state index contributed by atoms with van der Waals surface area (Å²) in [5.41, 5.74) is 3.59. The molecule has 0 unspecified atom stereocenters. The highest BCUT2D eigenvalue weighted by atomic mass is 19.1. The quantitative estimate of drug-likeness (QED) is 0.0530. The van der Waals surface area contributed by atoms with Crippen LogP contribution in [0, 0.1) is 37.1 Å². The Morgan fingerprint density at radius 3 is 1.44 bits per heavy atom. The Hall–Kier alpha value is -7.59. The number of aromatic nitrogens is 10. The SMILES string of the molecule is C=CC[C@@]1(C)CN(Cc2ccc(Nc3ncc(F)c(-c4cc(F)c5nc(C)n(C(C)C)c5c4)n3)nc2)CCO1.Cc1nc2c(F)cc(-c3nc(Nc4ccc(CN5CCO[C@@](C)(CC=O)C5)cn4)ncc3F)cc2n1C(C)C. The molecule has 0 spiro atoms. The minimum absolute atomic E-state index is 0.00558. The van der Waals surface area contributed by atoms with Crippen molar-refractivity contribution < 1.29 is 31.8 Å². The molecule has 0 radical (unpaired) electrons. The largest absolute Gasteiger partial charge is 0.372 e. The topological polar surface area (TPSA) is 179 Å². The number of halogens is 4. The van der Waals surface area contributed by atoms with Crippen LogP contribution in [-0.4, -0.2) is 116 Å². The lowest BCUT2D eigenvalue weighted by Crippen LogP contribution is -2.49. The number of nitrogens with one attached hydrogen (secondary N) is 2. The molecule has 78 heavy (non-hydrogen) atoms. The summed E-state index contributed by atoms with van der Waals surface area (Å²) in [6.07, 6.45) is 9.61. The maximum absolute atomic E-state index is 15.0. The van der Waals surface area contributed by atoms with Crippen molar-refractivity contribution in [3.05, 3.63) is 132 Å². The van der Waals surface area contributed by atoms with E-state index in [1.165, 1.54) is 12.1 Å². The highest BCUT2D eigenvalue weighted by Gasteiger charge is 2.33. The Bertz CT molecular complexity index is 3240. The van der Waals surface area contributed by atoms with Gasteiger partial charge in [-0.2, -0.15) is 0 Å². The van der Waals surface area contributed by atoms with Gasteiger partial charge in [0.15, 0.2) is 23.3 Å². The van der Waals surface area contributed by atoms with Gasteiger partial charge in [0.25, 0.3) is 0 Å². The van der Waals surface area contributed by atoms with E-state index in [1.807, 2.05) is 81.9 Å². The number of aldehydes is 1. The van der Waals surface area contributed by atoms with Gasteiger partial charge >= 0.3 is 0 Å². The molecule has 6 aromatic heterocycles. The first-order chi connectivity index (χ1) is 37.3. The van der Waals surface area contributed by atoms with E-state index in [9.17, 15) is 22.4 Å². The minimum atomic E-state index is -0.665. The summed E-state index contributed by atoms with van der Waals surface area (Å²) in [5, 5.41) is 6.04. The van der Waals surface area contributed by atoms with E-state index >= 15 is 0 Å². The third kappa shape index (κ3) is 12.4. The maximum Gasteiger partial charge on any atom is 0.229 e. The molecule has 2 saturated heterocycles. The number of hydrogen-bond donors (Lipinski definition) is 2. The fraction of sp³-hybridized carbons (Fsp3) is 0.386. The monoisotopic (exact) mass is 1070 g/mol. The summed E-state index contributed by atoms with van der Waals surface area (Å²) in [7, 11) is 0. The van der Waals surface area contributed by atoms with Gasteiger partial charge in [0.2, 0.25) is 11.9 Å². The lowest BCUT2D eigenvalue weighted by Gasteiger charge is -2.40. The molecular formula is C57H64F4N14O3. The molecule has 17 nitrogen and oxygen atoms in total. The lowest BCUT2D eigenvalue weighted by molar-refractivity contribution is -0.126. The van der Waals surface area contributed by atoms with Gasteiger partial charge in [-0.15, -0.1) is 6.58 Å². The van der Waals surface area contributed by atoms with Crippen LogP contribution in [-0.2, 0) is 27.4 Å². The van der Waals surface area contributed by atoms with Gasteiger partial charge in [0, 0.05) is 81.3 Å². The van der Waals surface area contributed by atoms with E-state index in [-0.39, 0.29) is 52.0 Å². The van der Waals surface area contributed by atoms with Crippen LogP contribution in [0.15, 0.2) is 86.0 Å². The van der Waals surface area contributed by atoms with Crippen LogP contribution in [0.1, 0.15) is 89.2 Å². The summed E-state index contributed by atoms with van der Waals surface area (Å²) in [6.45, 7) is 25.2. The van der Waals surface area contributed by atoms with Crippen molar-refractivity contribution in [1.29, 1.82) is 0 Å². The van der Waals surface area contributed by atoms with Crippen LogP contribution < -0.4 is 10.6 Å². The molecule has 0 aliphatic carbocycles. The molecule has 2 atom stereocenters. The Balaban J connectivity index is 0.000000190. The summed E-state index contributed by atoms with van der Waals surface area (Å²) >= 11 is 0. The highest BCUT2D eigenvalue weighted by molar-refractivity contribution is 5.84. The van der Waals surface area contributed by atoms with Crippen LogP contribution in [0.3, 0.4) is 0 Å². The van der Waals surface area contributed by atoms with Crippen LogP contribution in [0.4, 0.5) is 41.1 Å². The third-order valence-electron chi connectivity index (χ3n) is 13.8. The number of ether oxygens (including phenoxy) is 2. The Morgan fingerprint density at radius 1 is 0.615 bits per heavy atom. The van der Waals surface area contributed by atoms with E-state index in [0.29, 0.717) is 78.2 Å². The summed E-state index contributed by atoms with van der Waals surface area (Å²) in [6, 6.07) is 13.6. The zero-order valence-electron chi connectivity index (χ0n) is 45.1. The number of benzene rings is 2. The molecule has 8 aromatic rings. The second kappa shape index (κ2) is 23.2. The predicted molar refractivity (Wildman–Crippen MR) is 291 cm³/mol. The molecule has 2 N–H and O–H groups in total. The maximum atomic E-state index is 15.0. The number of rotatable bonds is 16. The molecule has 8 heterocycles. The van der Waals surface area contributed by atoms with Crippen molar-refractivity contribution in [3.63, 3.8) is 0 Å². The van der Waals surface area contributed by atoms with E-state index in [2.05, 4.69) is 73.8 Å². The van der Waals surface area contributed by atoms with Crippen LogP contribution in [0.2, 0.25) is 0 Å². The third-order valence-corrected chi connectivity index (χ3v) is 13.8. The zero-order valence-corrected chi connectivity index (χ0v) is 45.1. The Morgan fingerprint density at radius 2 is 1.05 bits per heavy atom. The van der Waals surface area contributed by atoms with Crippen molar-refractivity contribution in [1.82, 2.24) is 58.8 Å². The number of pyridine rings is 2. The minimum Gasteiger partial charge on any atom is -0.372 e. The Kier molecular flexibility index (Phi) is 16.4. The van der Waals surface area contributed by atoms with Crippen molar-refractivity contribution in [2.45, 2.75) is 105 Å². The highest BCUT2D eigenvalue weighted by Crippen LogP contribution is 2.33. The van der Waals surface area contributed by atoms with Crippen LogP contribution in [0.5, 0.6) is 0 Å². The van der Waals surface area contributed by atoms with E-state index < -0.39 is 28.9 Å². The van der Waals surface area contributed by atoms with Gasteiger partial charge in [-0.25, -0.2) is 57.4 Å². The zero-order chi connectivity index (χ0) is 55.5. The van der Waals surface area contributed by atoms with E-state index in [1.54, 1.807) is 30.6 Å². The van der Waals surface area contributed by atoms with Crippen molar-refractivity contribution in [2.75, 3.05) is 50.0 Å². The van der Waals surface area contributed by atoms with Crippen molar-refractivity contribution in [3.8, 4) is 22.5 Å². The van der Waals surface area contributed by atoms with Crippen molar-refractivity contribution >= 4 is 51.9 Å². The summed E-state index contributed by atoms with van der Waals surface area (Å²) < 4.78 is 75.2. The summed E-state index contributed by atoms with van der Waals surface area (Å²) in [5.74, 6) is 0.291. The molecule has 0 amide bonds. The Labute approximate surface area is 450 Å². The molecule has 0 saturated carbocycles. The van der Waals surface area contributed by atoms with Gasteiger partial charge in [0.1, 0.15) is 52.0 Å². The number of carbonyl (C=O) groups excluding carboxylic acids is 1. The molecule has 2 fully saturated rings. The number of fused-ring (bicyclic) bond motifs is 2. The summed E-state index contributed by atoms with van der Waals surface area (Å²) in [4.78, 5) is 50.0. The molecule has 2 aliphatic rings. The lowest BCUT2D eigenvalue weighted by atomic mass is 9.99. The number of hydrogen-bond acceptors (Lipinski definition) is 15. The predicted octanol–water partition coefficient (Wildman–Crippen LogP) is 10.9. The van der Waals surface area contributed by atoms with Crippen LogP contribution >= 0.6 is 0 Å². The fourth-order valence-corrected chi connectivity index (χ4v) is 10.3. The van der Waals surface area contributed by atoms with Crippen molar-refractivity contribution in [2.24, 2.45) is 0 Å². The second-order valence-electron chi connectivity index (χ2n) is 20.9. The number of nitrogens with zero attached hydrogens (tertiary/aromatic N) is 12. The molecular weight excluding hydrogens is 1000 g/mol. The second-order valence-corrected chi connectivity index (χ2v) is 20.9. The van der Waals surface area contributed by atoms with Gasteiger partial charge in [0.05, 0.1) is 47.8 Å². The van der Waals surface area contributed by atoms with Gasteiger partial charge in [-0.3, -0.25) is 9.80 Å². The molecule has 10 rings (SSSR count). The number of anilines is 4. The molecule has 408 valence electrons. The number of carbonyl (C=O) groups is 1. The molecule has 21 heteroatoms. The van der Waals surface area contributed by atoms with Crippen LogP contribution in [0.25, 0.3) is 44.6 Å². The first-order valence-corrected chi connectivity index (χ1v) is 25.9. The van der Waals surface area contributed by atoms with E-state index in [4.69, 9.17) is 9.47 Å². The number of morpholine rings is 2. The van der Waals surface area contributed by atoms with Gasteiger partial charge in [-0.1, -0.05) is 18.2 Å².